The third-order valence-corrected chi connectivity index (χ3v) is 10.0. The Kier molecular flexibility index (Phi) is 10.9. The minimum absolute atomic E-state index is 0.00110. The van der Waals surface area contributed by atoms with E-state index in [-0.39, 0.29) is 55.3 Å². The fourth-order valence-electron chi connectivity index (χ4n) is 7.46. The number of methoxy groups -OCH3 is 1. The van der Waals surface area contributed by atoms with E-state index in [9.17, 15) is 44.4 Å². The summed E-state index contributed by atoms with van der Waals surface area (Å²) in [6.45, 7) is 4.45. The van der Waals surface area contributed by atoms with Crippen LogP contribution in [0, 0.1) is 17.8 Å². The zero-order valence-corrected chi connectivity index (χ0v) is 30.0. The fourth-order valence-corrected chi connectivity index (χ4v) is 7.46. The molecular formula is C38H44N2O12. The van der Waals surface area contributed by atoms with Crippen LogP contribution in [0.5, 0.6) is 5.75 Å². The van der Waals surface area contributed by atoms with Gasteiger partial charge in [0.25, 0.3) is 0 Å². The number of phenols is 1. The Morgan fingerprint density at radius 3 is 2.27 bits per heavy atom. The van der Waals surface area contributed by atoms with Gasteiger partial charge in [-0.3, -0.25) is 24.1 Å². The summed E-state index contributed by atoms with van der Waals surface area (Å²) < 4.78 is 15.3. The van der Waals surface area contributed by atoms with E-state index in [1.807, 2.05) is 0 Å². The smallest absolute Gasteiger partial charge is 0.413 e. The van der Waals surface area contributed by atoms with Gasteiger partial charge in [-0.1, -0.05) is 44.2 Å². The number of carbonyl (C=O) groups is 5. The van der Waals surface area contributed by atoms with Crippen LogP contribution in [0.15, 0.2) is 53.3 Å². The van der Waals surface area contributed by atoms with E-state index >= 15 is 0 Å². The first-order valence-electron chi connectivity index (χ1n) is 16.9. The second-order valence-corrected chi connectivity index (χ2v) is 13.9. The average Bonchev–Trinajstić information content (AvgIpc) is 3.08. The molecule has 3 aliphatic rings. The van der Waals surface area contributed by atoms with Gasteiger partial charge in [0, 0.05) is 31.7 Å². The molecule has 0 heterocycles. The van der Waals surface area contributed by atoms with Gasteiger partial charge in [0.05, 0.1) is 24.1 Å². The summed E-state index contributed by atoms with van der Waals surface area (Å²) in [5.74, 6) is -7.13. The molecule has 0 radical (unpaired) electrons. The molecule has 0 unspecified atom stereocenters. The molecule has 0 saturated heterocycles. The molecule has 1 amide bonds. The van der Waals surface area contributed by atoms with Gasteiger partial charge in [-0.2, -0.15) is 0 Å². The van der Waals surface area contributed by atoms with Crippen molar-refractivity contribution in [3.63, 3.8) is 0 Å². The zero-order valence-electron chi connectivity index (χ0n) is 30.0. The number of aliphatic hydroxyl groups is 3. The van der Waals surface area contributed by atoms with Crippen molar-refractivity contribution >= 4 is 35.2 Å². The lowest BCUT2D eigenvalue weighted by atomic mass is 9.57. The second kappa shape index (κ2) is 14.9. The topological polar surface area (TPSA) is 200 Å². The van der Waals surface area contributed by atoms with Gasteiger partial charge in [0.2, 0.25) is 12.6 Å². The van der Waals surface area contributed by atoms with Crippen LogP contribution in [0.1, 0.15) is 43.9 Å². The molecule has 1 fully saturated rings. The molecule has 5 rings (SSSR count). The number of aromatic hydroxyl groups is 1. The van der Waals surface area contributed by atoms with E-state index in [2.05, 4.69) is 0 Å². The number of ketones is 3. The predicted molar refractivity (Wildman–Crippen MR) is 186 cm³/mol. The van der Waals surface area contributed by atoms with Crippen molar-refractivity contribution in [2.45, 2.75) is 51.8 Å². The first-order valence-corrected chi connectivity index (χ1v) is 16.9. The summed E-state index contributed by atoms with van der Waals surface area (Å²) in [6.07, 6.45) is -0.549. The Morgan fingerprint density at radius 1 is 1.00 bits per heavy atom. The minimum Gasteiger partial charge on any atom is -0.508 e. The number of phenolic OH excluding ortho intramolecular Hbond substituents is 1. The Labute approximate surface area is 300 Å². The van der Waals surface area contributed by atoms with Crippen LogP contribution in [-0.2, 0) is 46.4 Å². The van der Waals surface area contributed by atoms with Gasteiger partial charge < -0.3 is 39.5 Å². The maximum absolute atomic E-state index is 14.2. The maximum atomic E-state index is 14.2. The summed E-state index contributed by atoms with van der Waals surface area (Å²) in [4.78, 5) is 67.5. The molecule has 14 nitrogen and oxygen atoms in total. The number of benzene rings is 2. The summed E-state index contributed by atoms with van der Waals surface area (Å²) in [5.41, 5.74) is -0.879. The minimum atomic E-state index is -2.65. The average molecular weight is 721 g/mol. The maximum Gasteiger partial charge on any atom is 0.413 e. The van der Waals surface area contributed by atoms with E-state index in [1.54, 1.807) is 58.3 Å². The predicted octanol–water partition coefficient (Wildman–Crippen LogP) is 3.48. The summed E-state index contributed by atoms with van der Waals surface area (Å²) in [7, 11) is 4.66. The molecule has 4 N–H and O–H groups in total. The van der Waals surface area contributed by atoms with Crippen molar-refractivity contribution in [1.29, 1.82) is 0 Å². The number of fused-ring (bicyclic) bond motifs is 3. The van der Waals surface area contributed by atoms with E-state index in [0.717, 1.165) is 12.5 Å². The molecule has 0 aromatic heterocycles. The number of hydrogen-bond donors (Lipinski definition) is 4. The molecule has 1 saturated carbocycles. The van der Waals surface area contributed by atoms with Crippen molar-refractivity contribution in [3.8, 4) is 16.9 Å². The Balaban J connectivity index is 1.47. The Hall–Kier alpha value is -5.05. The Bertz CT molecular complexity index is 1860. The van der Waals surface area contributed by atoms with Gasteiger partial charge in [-0.05, 0) is 68.1 Å². The first-order chi connectivity index (χ1) is 24.5. The number of Topliss-reactive ketones (excluding diaryl/α,β-unsaturated/α-hetero) is 3. The molecule has 2 aromatic rings. The van der Waals surface area contributed by atoms with Crippen molar-refractivity contribution in [2.75, 3.05) is 41.1 Å². The van der Waals surface area contributed by atoms with Crippen LogP contribution >= 0.6 is 0 Å². The highest BCUT2D eigenvalue weighted by atomic mass is 16.7. The van der Waals surface area contributed by atoms with Crippen molar-refractivity contribution in [3.05, 3.63) is 70.0 Å². The number of carbonyl (C=O) groups excluding carboxylic acids is 5. The molecule has 0 spiro atoms. The lowest BCUT2D eigenvalue weighted by Gasteiger charge is -2.50. The number of hydrogen-bond acceptors (Lipinski definition) is 13. The van der Waals surface area contributed by atoms with Crippen LogP contribution in [0.25, 0.3) is 16.9 Å². The Morgan fingerprint density at radius 2 is 1.67 bits per heavy atom. The van der Waals surface area contributed by atoms with E-state index in [1.165, 1.54) is 23.0 Å². The number of likely N-dealkylation sites (N-methyl/N-ethyl adjacent to an activating group) is 1. The normalized spacial score (nSPS) is 22.6. The molecule has 3 aliphatic carbocycles. The third-order valence-electron chi connectivity index (χ3n) is 10.0. The number of nitrogens with zero attached hydrogens (tertiary/aromatic N) is 2. The van der Waals surface area contributed by atoms with Crippen LogP contribution in [0.4, 0.5) is 4.79 Å². The van der Waals surface area contributed by atoms with Crippen LogP contribution < -0.4 is 0 Å². The van der Waals surface area contributed by atoms with E-state index in [4.69, 9.17) is 14.2 Å². The lowest BCUT2D eigenvalue weighted by Crippen LogP contribution is -2.65. The number of rotatable bonds is 11. The number of esters is 1. The molecule has 4 atom stereocenters. The molecule has 0 aliphatic heterocycles. The van der Waals surface area contributed by atoms with Gasteiger partial charge in [0.1, 0.15) is 22.8 Å². The summed E-state index contributed by atoms with van der Waals surface area (Å²) in [6, 6.07) is 9.16. The number of ether oxygens (including phenoxy) is 3. The highest BCUT2D eigenvalue weighted by Gasteiger charge is 2.64. The molecule has 278 valence electrons. The fraction of sp³-hybridized carbons (Fsp3) is 0.447. The molecular weight excluding hydrogens is 676 g/mol. The number of amides is 1. The van der Waals surface area contributed by atoms with Crippen molar-refractivity contribution in [2.24, 2.45) is 17.8 Å². The summed E-state index contributed by atoms with van der Waals surface area (Å²) in [5, 5.41) is 45.6. The summed E-state index contributed by atoms with van der Waals surface area (Å²) >= 11 is 0. The third kappa shape index (κ3) is 6.69. The van der Waals surface area contributed by atoms with Gasteiger partial charge >= 0.3 is 12.1 Å². The van der Waals surface area contributed by atoms with Crippen LogP contribution in [0.3, 0.4) is 0 Å². The van der Waals surface area contributed by atoms with E-state index < -0.39 is 76.8 Å². The monoisotopic (exact) mass is 720 g/mol. The second-order valence-electron chi connectivity index (χ2n) is 13.9. The highest BCUT2D eigenvalue weighted by molar-refractivity contribution is 6.25. The molecule has 14 heteroatoms. The molecule has 52 heavy (non-hydrogen) atoms. The molecule has 0 bridgehead atoms. The standard InChI is InChI=1S/C38H44N2O12/c1-19(2)36(47)51-18-52-37(48)40(13-14-50-6)17-21-7-9-22(10-8-21)24-11-12-27(42)30-25(24)15-23-16-26-31(39(4)5)33(44)28(20(3)41)34(45)38(26,49)35(46)29(23)32(30)43/h7-12,19,23,26,31,42-43,45,49H,13-18H2,1-6H3/t23-,26-,31-,38+/m0/s1. The largest absolute Gasteiger partial charge is 0.508 e. The van der Waals surface area contributed by atoms with Crippen molar-refractivity contribution < 1.29 is 58.6 Å². The van der Waals surface area contributed by atoms with Gasteiger partial charge in [-0.25, -0.2) is 4.79 Å². The lowest BCUT2D eigenvalue weighted by molar-refractivity contribution is -0.156. The number of aliphatic hydroxyl groups excluding tert-OH is 2. The van der Waals surface area contributed by atoms with Gasteiger partial charge in [0.15, 0.2) is 17.2 Å². The highest BCUT2D eigenvalue weighted by Crippen LogP contribution is 2.53. The first kappa shape index (κ1) is 38.2. The zero-order chi connectivity index (χ0) is 38.2. The quantitative estimate of drug-likeness (QED) is 0.150. The van der Waals surface area contributed by atoms with Gasteiger partial charge in [-0.15, -0.1) is 0 Å². The van der Waals surface area contributed by atoms with Crippen LogP contribution in [0.2, 0.25) is 0 Å². The van der Waals surface area contributed by atoms with Crippen LogP contribution in [-0.4, -0.2) is 112 Å². The van der Waals surface area contributed by atoms with Crippen molar-refractivity contribution in [1.82, 2.24) is 9.80 Å². The SMILES string of the molecule is COCCN(Cc1ccc(-c2ccc(O)c3c2C[C@H]2C[C@H]4[C@H](N(C)C)C(=O)C(C(C)=O)=C(O)[C@@]4(O)C(=O)C2=C3O)cc1)C(=O)OCOC(=O)C(C)C. The van der Waals surface area contributed by atoms with E-state index in [0.29, 0.717) is 16.7 Å². The molecule has 2 aromatic carbocycles.